The molecule has 21 heavy (non-hydrogen) atoms. The fourth-order valence-corrected chi connectivity index (χ4v) is 4.09. The quantitative estimate of drug-likeness (QED) is 0.645. The summed E-state index contributed by atoms with van der Waals surface area (Å²) in [5, 5.41) is 23.7. The van der Waals surface area contributed by atoms with E-state index in [1.807, 2.05) is 11.4 Å². The van der Waals surface area contributed by atoms with Crippen molar-refractivity contribution < 1.29 is 10.0 Å². The SMILES string of the molecule is CC(O)c1cc([N+](=O)[O-])c(N(Cc2cccs2)C2CC2)s1. The highest BCUT2D eigenvalue weighted by molar-refractivity contribution is 7.16. The number of nitro groups is 1. The van der Waals surface area contributed by atoms with E-state index < -0.39 is 6.10 Å². The predicted octanol–water partition coefficient (Wildman–Crippen LogP) is 3.94. The zero-order chi connectivity index (χ0) is 15.0. The molecule has 1 fully saturated rings. The number of rotatable bonds is 6. The van der Waals surface area contributed by atoms with Crippen LogP contribution in [-0.4, -0.2) is 16.1 Å². The Labute approximate surface area is 130 Å². The van der Waals surface area contributed by atoms with Gasteiger partial charge in [0.15, 0.2) is 5.00 Å². The molecule has 1 saturated carbocycles. The van der Waals surface area contributed by atoms with E-state index in [1.165, 1.54) is 22.3 Å². The Balaban J connectivity index is 1.96. The Kier molecular flexibility index (Phi) is 3.97. The first-order valence-electron chi connectivity index (χ1n) is 6.81. The Morgan fingerprint density at radius 2 is 2.33 bits per heavy atom. The Bertz CT molecular complexity index is 633. The molecule has 112 valence electrons. The van der Waals surface area contributed by atoms with Gasteiger partial charge < -0.3 is 10.0 Å². The van der Waals surface area contributed by atoms with Crippen LogP contribution in [0.15, 0.2) is 23.6 Å². The number of anilines is 1. The zero-order valence-corrected chi connectivity index (χ0v) is 13.2. The van der Waals surface area contributed by atoms with Gasteiger partial charge in [0.1, 0.15) is 0 Å². The average Bonchev–Trinajstić information content (AvgIpc) is 2.98. The molecule has 1 aliphatic carbocycles. The van der Waals surface area contributed by atoms with Crippen molar-refractivity contribution >= 4 is 33.4 Å². The van der Waals surface area contributed by atoms with E-state index in [0.29, 0.717) is 22.5 Å². The third kappa shape index (κ3) is 3.09. The molecule has 0 radical (unpaired) electrons. The number of thiophene rings is 2. The summed E-state index contributed by atoms with van der Waals surface area (Å²) in [5.74, 6) is 0. The highest BCUT2D eigenvalue weighted by atomic mass is 32.1. The van der Waals surface area contributed by atoms with Gasteiger partial charge in [0.05, 0.1) is 17.6 Å². The topological polar surface area (TPSA) is 66.6 Å². The molecule has 1 N–H and O–H groups in total. The van der Waals surface area contributed by atoms with Gasteiger partial charge in [-0.05, 0) is 31.2 Å². The molecular formula is C14H16N2O3S2. The first kappa shape index (κ1) is 14.5. The maximum Gasteiger partial charge on any atom is 0.304 e. The second-order valence-electron chi connectivity index (χ2n) is 5.21. The lowest BCUT2D eigenvalue weighted by Crippen LogP contribution is -2.24. The van der Waals surface area contributed by atoms with Crippen molar-refractivity contribution in [2.24, 2.45) is 0 Å². The van der Waals surface area contributed by atoms with Gasteiger partial charge in [0.2, 0.25) is 0 Å². The molecule has 7 heteroatoms. The molecule has 1 aliphatic rings. The summed E-state index contributed by atoms with van der Waals surface area (Å²) < 4.78 is 0. The van der Waals surface area contributed by atoms with E-state index in [-0.39, 0.29) is 10.6 Å². The monoisotopic (exact) mass is 324 g/mol. The van der Waals surface area contributed by atoms with Gasteiger partial charge in [-0.15, -0.1) is 22.7 Å². The lowest BCUT2D eigenvalue weighted by molar-refractivity contribution is -0.383. The van der Waals surface area contributed by atoms with Gasteiger partial charge in [0.25, 0.3) is 0 Å². The van der Waals surface area contributed by atoms with Crippen molar-refractivity contribution in [2.45, 2.75) is 38.5 Å². The maximum absolute atomic E-state index is 11.3. The van der Waals surface area contributed by atoms with Gasteiger partial charge in [-0.3, -0.25) is 10.1 Å². The Hall–Kier alpha value is -1.44. The number of aliphatic hydroxyl groups excluding tert-OH is 1. The summed E-state index contributed by atoms with van der Waals surface area (Å²) in [6.07, 6.45) is 1.47. The molecule has 0 aromatic carbocycles. The molecule has 0 aliphatic heterocycles. The minimum absolute atomic E-state index is 0.111. The van der Waals surface area contributed by atoms with Crippen molar-refractivity contribution in [3.05, 3.63) is 43.4 Å². The first-order valence-corrected chi connectivity index (χ1v) is 8.51. The number of hydrogen-bond acceptors (Lipinski definition) is 6. The standard InChI is InChI=1S/C14H16N2O3S2/c1-9(17)13-7-12(16(18)19)14(21-13)15(10-4-5-10)8-11-3-2-6-20-11/h2-3,6-7,9-10,17H,4-5,8H2,1H3. The minimum atomic E-state index is -0.676. The van der Waals surface area contributed by atoms with E-state index in [9.17, 15) is 15.2 Å². The number of hydrogen-bond donors (Lipinski definition) is 1. The molecule has 2 heterocycles. The summed E-state index contributed by atoms with van der Waals surface area (Å²) in [6, 6.07) is 5.94. The van der Waals surface area contributed by atoms with E-state index in [2.05, 4.69) is 11.0 Å². The van der Waals surface area contributed by atoms with Gasteiger partial charge >= 0.3 is 5.69 Å². The van der Waals surface area contributed by atoms with E-state index in [1.54, 1.807) is 18.3 Å². The third-order valence-electron chi connectivity index (χ3n) is 3.48. The maximum atomic E-state index is 11.3. The van der Waals surface area contributed by atoms with Crippen LogP contribution in [-0.2, 0) is 6.54 Å². The van der Waals surface area contributed by atoms with Gasteiger partial charge in [0, 0.05) is 21.9 Å². The fourth-order valence-electron chi connectivity index (χ4n) is 2.26. The summed E-state index contributed by atoms with van der Waals surface area (Å²) in [4.78, 5) is 14.9. The van der Waals surface area contributed by atoms with Crippen LogP contribution in [0.1, 0.15) is 35.6 Å². The Morgan fingerprint density at radius 1 is 1.57 bits per heavy atom. The normalized spacial score (nSPS) is 15.9. The van der Waals surface area contributed by atoms with Crippen LogP contribution in [0.2, 0.25) is 0 Å². The van der Waals surface area contributed by atoms with Crippen molar-refractivity contribution in [3.63, 3.8) is 0 Å². The van der Waals surface area contributed by atoms with Crippen molar-refractivity contribution in [1.82, 2.24) is 0 Å². The molecule has 0 bridgehead atoms. The van der Waals surface area contributed by atoms with Crippen molar-refractivity contribution in [3.8, 4) is 0 Å². The molecule has 0 spiro atoms. The molecule has 2 aromatic heterocycles. The molecule has 5 nitrogen and oxygen atoms in total. The highest BCUT2D eigenvalue weighted by Gasteiger charge is 2.35. The van der Waals surface area contributed by atoms with E-state index in [0.717, 1.165) is 12.8 Å². The third-order valence-corrected chi connectivity index (χ3v) is 5.67. The zero-order valence-electron chi connectivity index (χ0n) is 11.6. The highest BCUT2D eigenvalue weighted by Crippen LogP contribution is 2.45. The van der Waals surface area contributed by atoms with Gasteiger partial charge in [-0.25, -0.2) is 0 Å². The minimum Gasteiger partial charge on any atom is -0.388 e. The van der Waals surface area contributed by atoms with Crippen LogP contribution in [0.25, 0.3) is 0 Å². The molecule has 0 amide bonds. The lowest BCUT2D eigenvalue weighted by atomic mass is 10.3. The van der Waals surface area contributed by atoms with Gasteiger partial charge in [-0.1, -0.05) is 6.07 Å². The predicted molar refractivity (Wildman–Crippen MR) is 85.1 cm³/mol. The summed E-state index contributed by atoms with van der Waals surface area (Å²) in [7, 11) is 0. The summed E-state index contributed by atoms with van der Waals surface area (Å²) in [5.41, 5.74) is 0.111. The van der Waals surface area contributed by atoms with Crippen molar-refractivity contribution in [2.75, 3.05) is 4.90 Å². The van der Waals surface area contributed by atoms with Crippen LogP contribution in [0.3, 0.4) is 0 Å². The molecule has 0 saturated heterocycles. The molecule has 1 atom stereocenters. The van der Waals surface area contributed by atoms with Crippen molar-refractivity contribution in [1.29, 1.82) is 0 Å². The van der Waals surface area contributed by atoms with Gasteiger partial charge in [-0.2, -0.15) is 0 Å². The smallest absolute Gasteiger partial charge is 0.304 e. The number of aliphatic hydroxyl groups is 1. The fraction of sp³-hybridized carbons (Fsp3) is 0.429. The van der Waals surface area contributed by atoms with Crippen LogP contribution < -0.4 is 4.90 Å². The lowest BCUT2D eigenvalue weighted by Gasteiger charge is -2.21. The van der Waals surface area contributed by atoms with Crippen LogP contribution in [0.5, 0.6) is 0 Å². The molecule has 2 aromatic rings. The number of nitrogens with zero attached hydrogens (tertiary/aromatic N) is 2. The van der Waals surface area contributed by atoms with Crippen LogP contribution >= 0.6 is 22.7 Å². The second kappa shape index (κ2) is 5.75. The van der Waals surface area contributed by atoms with E-state index >= 15 is 0 Å². The molecule has 1 unspecified atom stereocenters. The Morgan fingerprint density at radius 3 is 2.86 bits per heavy atom. The summed E-state index contributed by atoms with van der Waals surface area (Å²) >= 11 is 3.00. The largest absolute Gasteiger partial charge is 0.388 e. The molecular weight excluding hydrogens is 308 g/mol. The second-order valence-corrected chi connectivity index (χ2v) is 7.31. The molecule has 3 rings (SSSR count). The van der Waals surface area contributed by atoms with Crippen LogP contribution in [0.4, 0.5) is 10.7 Å². The summed E-state index contributed by atoms with van der Waals surface area (Å²) in [6.45, 7) is 2.34. The first-order chi connectivity index (χ1) is 10.1. The van der Waals surface area contributed by atoms with E-state index in [4.69, 9.17) is 0 Å². The van der Waals surface area contributed by atoms with Crippen LogP contribution in [0, 0.1) is 10.1 Å². The average molecular weight is 324 g/mol.